The Morgan fingerprint density at radius 2 is 1.96 bits per heavy atom. The number of halogens is 2. The van der Waals surface area contributed by atoms with Gasteiger partial charge in [-0.3, -0.25) is 14.4 Å². The molecule has 1 unspecified atom stereocenters. The third-order valence-electron chi connectivity index (χ3n) is 4.31. The van der Waals surface area contributed by atoms with Crippen LogP contribution in [0.4, 0.5) is 10.1 Å². The molecule has 1 saturated heterocycles. The van der Waals surface area contributed by atoms with E-state index >= 15 is 0 Å². The predicted molar refractivity (Wildman–Crippen MR) is 104 cm³/mol. The molecule has 2 aromatic rings. The topological polar surface area (TPSA) is 75.7 Å². The Kier molecular flexibility index (Phi) is 6.41. The lowest BCUT2D eigenvalue weighted by Gasteiger charge is -2.16. The number of nitrogens with one attached hydrogen (secondary N) is 1. The van der Waals surface area contributed by atoms with Crippen LogP contribution in [0.1, 0.15) is 12.0 Å². The maximum atomic E-state index is 13.7. The van der Waals surface area contributed by atoms with Crippen LogP contribution in [0.2, 0.25) is 0 Å². The molecule has 0 radical (unpaired) electrons. The first-order valence-electron chi connectivity index (χ1n) is 8.65. The minimum atomic E-state index is -0.653. The number of carbonyl (C=O) groups is 3. The van der Waals surface area contributed by atoms with Gasteiger partial charge in [0.2, 0.25) is 5.91 Å². The number of hydrogen-bond donors (Lipinski definition) is 1. The van der Waals surface area contributed by atoms with Crippen LogP contribution >= 0.6 is 15.9 Å². The molecule has 6 nitrogen and oxygen atoms in total. The van der Waals surface area contributed by atoms with Crippen LogP contribution in [-0.2, 0) is 25.7 Å². The average molecular weight is 449 g/mol. The number of carbonyl (C=O) groups excluding carboxylic acids is 3. The zero-order chi connectivity index (χ0) is 20.1. The van der Waals surface area contributed by atoms with Gasteiger partial charge >= 0.3 is 5.97 Å². The molecule has 1 heterocycles. The van der Waals surface area contributed by atoms with Crippen molar-refractivity contribution in [3.05, 3.63) is 64.4 Å². The maximum absolute atomic E-state index is 13.7. The largest absolute Gasteiger partial charge is 0.455 e. The molecule has 0 spiro atoms. The van der Waals surface area contributed by atoms with Gasteiger partial charge in [0.05, 0.1) is 11.6 Å². The first kappa shape index (κ1) is 20.0. The molecule has 1 N–H and O–H groups in total. The zero-order valence-electron chi connectivity index (χ0n) is 14.9. The van der Waals surface area contributed by atoms with Crippen LogP contribution in [0.3, 0.4) is 0 Å². The highest BCUT2D eigenvalue weighted by atomic mass is 79.9. The predicted octanol–water partition coefficient (Wildman–Crippen LogP) is 3.12. The van der Waals surface area contributed by atoms with Crippen molar-refractivity contribution in [3.63, 3.8) is 0 Å². The van der Waals surface area contributed by atoms with Gasteiger partial charge < -0.3 is 15.0 Å². The van der Waals surface area contributed by atoms with E-state index in [1.807, 2.05) is 30.3 Å². The number of esters is 1. The summed E-state index contributed by atoms with van der Waals surface area (Å²) in [6.45, 7) is 0.125. The van der Waals surface area contributed by atoms with Crippen LogP contribution in [0.25, 0.3) is 0 Å². The molecule has 8 heteroatoms. The third kappa shape index (κ3) is 5.16. The van der Waals surface area contributed by atoms with Crippen molar-refractivity contribution in [3.8, 4) is 0 Å². The van der Waals surface area contributed by atoms with Crippen LogP contribution < -0.4 is 5.32 Å². The first-order chi connectivity index (χ1) is 13.4. The number of anilines is 1. The van der Waals surface area contributed by atoms with Gasteiger partial charge in [0, 0.05) is 24.0 Å². The van der Waals surface area contributed by atoms with E-state index in [0.29, 0.717) is 11.0 Å². The number of ether oxygens (including phenoxy) is 1. The second-order valence-electron chi connectivity index (χ2n) is 6.44. The highest BCUT2D eigenvalue weighted by Crippen LogP contribution is 2.22. The van der Waals surface area contributed by atoms with Crippen LogP contribution in [0, 0.1) is 11.7 Å². The van der Waals surface area contributed by atoms with Crippen LogP contribution in [-0.4, -0.2) is 35.8 Å². The fourth-order valence-corrected chi connectivity index (χ4v) is 3.25. The molecule has 2 aromatic carbocycles. The lowest BCUT2D eigenvalue weighted by Crippen LogP contribution is -2.28. The summed E-state index contributed by atoms with van der Waals surface area (Å²) in [5.41, 5.74) is 0.968. The number of rotatable bonds is 6. The summed E-state index contributed by atoms with van der Waals surface area (Å²) in [5, 5.41) is 2.34. The van der Waals surface area contributed by atoms with Crippen molar-refractivity contribution in [1.82, 2.24) is 4.90 Å². The van der Waals surface area contributed by atoms with Gasteiger partial charge in [0.1, 0.15) is 5.82 Å². The SMILES string of the molecule is O=C(COC(=O)C1CC(=O)N(Cc2ccccc2)C1)Nc1ccc(Br)cc1F. The number of likely N-dealkylation sites (tertiary alicyclic amines) is 1. The van der Waals surface area contributed by atoms with Gasteiger partial charge in [-0.1, -0.05) is 46.3 Å². The van der Waals surface area contributed by atoms with Gasteiger partial charge in [-0.05, 0) is 23.8 Å². The van der Waals surface area contributed by atoms with E-state index < -0.39 is 30.2 Å². The standard InChI is InChI=1S/C20H18BrFN2O4/c21-15-6-7-17(16(22)9-15)23-18(25)12-28-20(27)14-8-19(26)24(11-14)10-13-4-2-1-3-5-13/h1-7,9,14H,8,10-12H2,(H,23,25). The number of amides is 2. The highest BCUT2D eigenvalue weighted by Gasteiger charge is 2.35. The summed E-state index contributed by atoms with van der Waals surface area (Å²) >= 11 is 3.13. The van der Waals surface area contributed by atoms with E-state index in [-0.39, 0.29) is 24.6 Å². The van der Waals surface area contributed by atoms with Gasteiger partial charge in [0.25, 0.3) is 5.91 Å². The number of hydrogen-bond acceptors (Lipinski definition) is 4. The lowest BCUT2D eigenvalue weighted by atomic mass is 10.1. The van der Waals surface area contributed by atoms with E-state index in [9.17, 15) is 18.8 Å². The molecule has 0 aromatic heterocycles. The average Bonchev–Trinajstić information content (AvgIpc) is 3.03. The summed E-state index contributed by atoms with van der Waals surface area (Å²) < 4.78 is 19.3. The second kappa shape index (κ2) is 8.97. The molecule has 1 atom stereocenters. The van der Waals surface area contributed by atoms with E-state index in [1.54, 1.807) is 11.0 Å². The Balaban J connectivity index is 1.48. The summed E-state index contributed by atoms with van der Waals surface area (Å²) in [4.78, 5) is 37.8. The summed E-state index contributed by atoms with van der Waals surface area (Å²) in [6, 6.07) is 13.7. The Morgan fingerprint density at radius 3 is 2.68 bits per heavy atom. The van der Waals surface area contributed by atoms with Gasteiger partial charge in [-0.2, -0.15) is 0 Å². The normalized spacial score (nSPS) is 16.1. The lowest BCUT2D eigenvalue weighted by molar-refractivity contribution is -0.151. The summed E-state index contributed by atoms with van der Waals surface area (Å²) in [6.07, 6.45) is 0.0502. The van der Waals surface area contributed by atoms with Crippen molar-refractivity contribution in [2.75, 3.05) is 18.5 Å². The second-order valence-corrected chi connectivity index (χ2v) is 7.36. The zero-order valence-corrected chi connectivity index (χ0v) is 16.4. The highest BCUT2D eigenvalue weighted by molar-refractivity contribution is 9.10. The molecule has 0 bridgehead atoms. The fourth-order valence-electron chi connectivity index (χ4n) is 2.92. The molecular weight excluding hydrogens is 431 g/mol. The molecular formula is C20H18BrFN2O4. The van der Waals surface area contributed by atoms with Crippen molar-refractivity contribution >= 4 is 39.4 Å². The first-order valence-corrected chi connectivity index (χ1v) is 9.45. The van der Waals surface area contributed by atoms with Crippen molar-refractivity contribution in [2.24, 2.45) is 5.92 Å². The van der Waals surface area contributed by atoms with Crippen molar-refractivity contribution < 1.29 is 23.5 Å². The van der Waals surface area contributed by atoms with Gasteiger partial charge in [-0.15, -0.1) is 0 Å². The Labute approximate surface area is 169 Å². The molecule has 1 fully saturated rings. The van der Waals surface area contributed by atoms with Gasteiger partial charge in [0.15, 0.2) is 6.61 Å². The van der Waals surface area contributed by atoms with Crippen molar-refractivity contribution in [1.29, 1.82) is 0 Å². The smallest absolute Gasteiger partial charge is 0.311 e. The van der Waals surface area contributed by atoms with E-state index in [2.05, 4.69) is 21.2 Å². The molecule has 2 amide bonds. The summed E-state index contributed by atoms with van der Waals surface area (Å²) in [7, 11) is 0. The molecule has 0 saturated carbocycles. The van der Waals surface area contributed by atoms with E-state index in [1.165, 1.54) is 12.1 Å². The number of benzene rings is 2. The Hall–Kier alpha value is -2.74. The molecule has 1 aliphatic heterocycles. The minimum Gasteiger partial charge on any atom is -0.455 e. The molecule has 1 aliphatic rings. The van der Waals surface area contributed by atoms with E-state index in [4.69, 9.17) is 4.74 Å². The van der Waals surface area contributed by atoms with Crippen molar-refractivity contribution in [2.45, 2.75) is 13.0 Å². The summed E-state index contributed by atoms with van der Waals surface area (Å²) in [5.74, 6) is -2.62. The van der Waals surface area contributed by atoms with E-state index in [0.717, 1.165) is 5.56 Å². The third-order valence-corrected chi connectivity index (χ3v) is 4.81. The number of nitrogens with zero attached hydrogens (tertiary/aromatic N) is 1. The quantitative estimate of drug-likeness (QED) is 0.688. The monoisotopic (exact) mass is 448 g/mol. The van der Waals surface area contributed by atoms with Crippen LogP contribution in [0.15, 0.2) is 53.0 Å². The van der Waals surface area contributed by atoms with Crippen LogP contribution in [0.5, 0.6) is 0 Å². The van der Waals surface area contributed by atoms with Gasteiger partial charge in [-0.25, -0.2) is 4.39 Å². The Bertz CT molecular complexity index is 891. The minimum absolute atomic E-state index is 0.00525. The maximum Gasteiger partial charge on any atom is 0.311 e. The Morgan fingerprint density at radius 1 is 1.21 bits per heavy atom. The fraction of sp³-hybridized carbons (Fsp3) is 0.250. The molecule has 28 heavy (non-hydrogen) atoms. The molecule has 0 aliphatic carbocycles. The molecule has 3 rings (SSSR count). The molecule has 146 valence electrons.